The van der Waals surface area contributed by atoms with Crippen LogP contribution < -0.4 is 10.2 Å². The summed E-state index contributed by atoms with van der Waals surface area (Å²) in [5, 5.41) is 0.348. The van der Waals surface area contributed by atoms with E-state index in [0.29, 0.717) is 23.3 Å². The maximum absolute atomic E-state index is 12.6. The lowest BCUT2D eigenvalue weighted by Crippen LogP contribution is -2.06. The second kappa shape index (κ2) is 4.53. The maximum atomic E-state index is 12.6. The van der Waals surface area contributed by atoms with Crippen LogP contribution >= 0.6 is 0 Å². The van der Waals surface area contributed by atoms with Gasteiger partial charge in [-0.2, -0.15) is 0 Å². The molecule has 0 amide bonds. The molecular formula is C12H11F2NO2. The van der Waals surface area contributed by atoms with Gasteiger partial charge in [0.15, 0.2) is 5.43 Å². The first-order chi connectivity index (χ1) is 8.13. The molecule has 2 rings (SSSR count). The topological polar surface area (TPSA) is 42.1 Å². The lowest BCUT2D eigenvalue weighted by atomic mass is 10.2. The van der Waals surface area contributed by atoms with E-state index in [1.807, 2.05) is 0 Å². The highest BCUT2D eigenvalue weighted by Crippen LogP contribution is 2.24. The van der Waals surface area contributed by atoms with Crippen LogP contribution in [0.5, 0.6) is 5.75 Å². The van der Waals surface area contributed by atoms with Crippen LogP contribution in [0.15, 0.2) is 29.1 Å². The smallest absolute Gasteiger partial charge is 0.278 e. The maximum Gasteiger partial charge on any atom is 0.278 e. The van der Waals surface area contributed by atoms with E-state index < -0.39 is 17.5 Å². The van der Waals surface area contributed by atoms with Crippen LogP contribution in [0, 0.1) is 0 Å². The van der Waals surface area contributed by atoms with Crippen LogP contribution in [0.2, 0.25) is 0 Å². The summed E-state index contributed by atoms with van der Waals surface area (Å²) in [6, 6.07) is 5.79. The SMILES string of the molecule is CCOc1cccc2c(=O)cc(C(F)F)[nH]c12. The highest BCUT2D eigenvalue weighted by Gasteiger charge is 2.12. The number of rotatable bonds is 3. The van der Waals surface area contributed by atoms with E-state index >= 15 is 0 Å². The molecule has 0 aliphatic rings. The van der Waals surface area contributed by atoms with E-state index in [1.54, 1.807) is 25.1 Å². The van der Waals surface area contributed by atoms with Crippen molar-refractivity contribution in [2.75, 3.05) is 6.61 Å². The Kier molecular flexibility index (Phi) is 3.08. The van der Waals surface area contributed by atoms with Gasteiger partial charge in [-0.05, 0) is 19.1 Å². The number of fused-ring (bicyclic) bond motifs is 1. The van der Waals surface area contributed by atoms with Gasteiger partial charge in [-0.3, -0.25) is 4.79 Å². The number of ether oxygens (including phenoxy) is 1. The standard InChI is InChI=1S/C12H11F2NO2/c1-2-17-10-5-3-4-7-9(16)6-8(12(13)14)15-11(7)10/h3-6,12H,2H2,1H3,(H,15,16). The molecule has 90 valence electrons. The molecule has 0 fully saturated rings. The van der Waals surface area contributed by atoms with Gasteiger partial charge in [0, 0.05) is 11.5 Å². The van der Waals surface area contributed by atoms with Gasteiger partial charge < -0.3 is 9.72 Å². The zero-order valence-electron chi connectivity index (χ0n) is 9.17. The fourth-order valence-electron chi connectivity index (χ4n) is 1.66. The van der Waals surface area contributed by atoms with E-state index in [4.69, 9.17) is 4.74 Å². The van der Waals surface area contributed by atoms with Gasteiger partial charge in [-0.15, -0.1) is 0 Å². The molecular weight excluding hydrogens is 228 g/mol. The lowest BCUT2D eigenvalue weighted by Gasteiger charge is -2.08. The number of alkyl halides is 2. The van der Waals surface area contributed by atoms with Gasteiger partial charge in [0.05, 0.1) is 17.8 Å². The molecule has 0 unspecified atom stereocenters. The Morgan fingerprint density at radius 2 is 2.18 bits per heavy atom. The summed E-state index contributed by atoms with van der Waals surface area (Å²) in [7, 11) is 0. The second-order valence-electron chi connectivity index (χ2n) is 3.50. The molecule has 1 aromatic carbocycles. The van der Waals surface area contributed by atoms with Crippen molar-refractivity contribution in [2.24, 2.45) is 0 Å². The molecule has 0 radical (unpaired) electrons. The quantitative estimate of drug-likeness (QED) is 0.894. The Labute approximate surface area is 96.0 Å². The molecule has 0 bridgehead atoms. The Hall–Kier alpha value is -1.91. The van der Waals surface area contributed by atoms with Crippen molar-refractivity contribution >= 4 is 10.9 Å². The van der Waals surface area contributed by atoms with E-state index in [0.717, 1.165) is 6.07 Å². The van der Waals surface area contributed by atoms with Crippen molar-refractivity contribution < 1.29 is 13.5 Å². The number of pyridine rings is 1. The monoisotopic (exact) mass is 239 g/mol. The summed E-state index contributed by atoms with van der Waals surface area (Å²) in [4.78, 5) is 14.2. The summed E-state index contributed by atoms with van der Waals surface area (Å²) in [5.41, 5.74) is -0.512. The fourth-order valence-corrected chi connectivity index (χ4v) is 1.66. The summed E-state index contributed by atoms with van der Waals surface area (Å²) in [5.74, 6) is 0.407. The highest BCUT2D eigenvalue weighted by atomic mass is 19.3. The summed E-state index contributed by atoms with van der Waals surface area (Å²) >= 11 is 0. The number of para-hydroxylation sites is 1. The Morgan fingerprint density at radius 3 is 2.82 bits per heavy atom. The van der Waals surface area contributed by atoms with E-state index in [-0.39, 0.29) is 0 Å². The zero-order chi connectivity index (χ0) is 12.4. The number of H-pyrrole nitrogens is 1. The van der Waals surface area contributed by atoms with Crippen LogP contribution in [0.25, 0.3) is 10.9 Å². The number of benzene rings is 1. The predicted molar refractivity (Wildman–Crippen MR) is 60.7 cm³/mol. The largest absolute Gasteiger partial charge is 0.492 e. The molecule has 3 nitrogen and oxygen atoms in total. The summed E-state index contributed by atoms with van der Waals surface area (Å²) in [6.07, 6.45) is -2.71. The number of aromatic nitrogens is 1. The Balaban J connectivity index is 2.74. The van der Waals surface area contributed by atoms with Gasteiger partial charge >= 0.3 is 0 Å². The number of hydrogen-bond donors (Lipinski definition) is 1. The van der Waals surface area contributed by atoms with E-state index in [2.05, 4.69) is 4.98 Å². The van der Waals surface area contributed by atoms with Crippen molar-refractivity contribution in [3.8, 4) is 5.75 Å². The first-order valence-corrected chi connectivity index (χ1v) is 5.20. The normalized spacial score (nSPS) is 11.1. The fraction of sp³-hybridized carbons (Fsp3) is 0.250. The van der Waals surface area contributed by atoms with Crippen molar-refractivity contribution in [3.05, 3.63) is 40.2 Å². The van der Waals surface area contributed by atoms with Gasteiger partial charge in [-0.25, -0.2) is 8.78 Å². The van der Waals surface area contributed by atoms with Crippen molar-refractivity contribution in [1.82, 2.24) is 4.98 Å². The minimum Gasteiger partial charge on any atom is -0.492 e. The van der Waals surface area contributed by atoms with Gasteiger partial charge in [-0.1, -0.05) is 6.07 Å². The Morgan fingerprint density at radius 1 is 1.41 bits per heavy atom. The molecule has 1 heterocycles. The van der Waals surface area contributed by atoms with Crippen LogP contribution in [0.4, 0.5) is 8.78 Å². The van der Waals surface area contributed by atoms with Crippen LogP contribution in [-0.2, 0) is 0 Å². The molecule has 5 heteroatoms. The molecule has 1 aromatic heterocycles. The summed E-state index contributed by atoms with van der Waals surface area (Å²) in [6.45, 7) is 2.19. The zero-order valence-corrected chi connectivity index (χ0v) is 9.17. The van der Waals surface area contributed by atoms with Crippen molar-refractivity contribution in [1.29, 1.82) is 0 Å². The van der Waals surface area contributed by atoms with Crippen LogP contribution in [0.3, 0.4) is 0 Å². The number of aromatic amines is 1. The molecule has 1 N–H and O–H groups in total. The average molecular weight is 239 g/mol. The van der Waals surface area contributed by atoms with Crippen molar-refractivity contribution in [3.63, 3.8) is 0 Å². The van der Waals surface area contributed by atoms with Crippen LogP contribution in [0.1, 0.15) is 19.0 Å². The third kappa shape index (κ3) is 2.13. The predicted octanol–water partition coefficient (Wildman–Crippen LogP) is 2.86. The Bertz CT molecular complexity index is 593. The summed E-state index contributed by atoms with van der Waals surface area (Å²) < 4.78 is 30.5. The van der Waals surface area contributed by atoms with Gasteiger partial charge in [0.1, 0.15) is 5.75 Å². The molecule has 0 saturated carbocycles. The molecule has 2 aromatic rings. The van der Waals surface area contributed by atoms with Gasteiger partial charge in [0.2, 0.25) is 0 Å². The molecule has 17 heavy (non-hydrogen) atoms. The molecule has 0 atom stereocenters. The molecule has 0 aliphatic heterocycles. The molecule has 0 aliphatic carbocycles. The number of hydrogen-bond acceptors (Lipinski definition) is 2. The average Bonchev–Trinajstić information content (AvgIpc) is 2.30. The van der Waals surface area contributed by atoms with Crippen LogP contribution in [-0.4, -0.2) is 11.6 Å². The number of halogens is 2. The lowest BCUT2D eigenvalue weighted by molar-refractivity contribution is 0.146. The third-order valence-corrected chi connectivity index (χ3v) is 2.38. The first-order valence-electron chi connectivity index (χ1n) is 5.20. The van der Waals surface area contributed by atoms with Gasteiger partial charge in [0.25, 0.3) is 6.43 Å². The first kappa shape index (κ1) is 11.6. The molecule has 0 saturated heterocycles. The molecule has 0 spiro atoms. The minimum absolute atomic E-state index is 0.317. The third-order valence-electron chi connectivity index (χ3n) is 2.38. The van der Waals surface area contributed by atoms with E-state index in [1.165, 1.54) is 0 Å². The second-order valence-corrected chi connectivity index (χ2v) is 3.50. The minimum atomic E-state index is -2.71. The number of nitrogens with one attached hydrogen (secondary N) is 1. The van der Waals surface area contributed by atoms with Crippen molar-refractivity contribution in [2.45, 2.75) is 13.3 Å². The highest BCUT2D eigenvalue weighted by molar-refractivity contribution is 5.84. The van der Waals surface area contributed by atoms with E-state index in [9.17, 15) is 13.6 Å².